The van der Waals surface area contributed by atoms with Gasteiger partial charge in [-0.1, -0.05) is 72.4 Å². The second kappa shape index (κ2) is 11.3. The first-order valence-electron chi connectivity index (χ1n) is 9.17. The van der Waals surface area contributed by atoms with E-state index in [0.29, 0.717) is 22.8 Å². The smallest absolute Gasteiger partial charge is 0.127 e. The third-order valence-corrected chi connectivity index (χ3v) is 5.51. The van der Waals surface area contributed by atoms with Gasteiger partial charge < -0.3 is 21.0 Å². The molecule has 4 nitrogen and oxygen atoms in total. The number of aldehydes is 1. The van der Waals surface area contributed by atoms with Gasteiger partial charge >= 0.3 is 0 Å². The lowest BCUT2D eigenvalue weighted by Crippen LogP contribution is -2.22. The van der Waals surface area contributed by atoms with Gasteiger partial charge in [-0.25, -0.2) is 0 Å². The molecule has 0 saturated carbocycles. The van der Waals surface area contributed by atoms with E-state index in [2.05, 4.69) is 5.32 Å². The van der Waals surface area contributed by atoms with Crippen LogP contribution in [0, 0.1) is 0 Å². The summed E-state index contributed by atoms with van der Waals surface area (Å²) in [6.07, 6.45) is 4.13. The van der Waals surface area contributed by atoms with Crippen LogP contribution in [0.2, 0.25) is 10.0 Å². The van der Waals surface area contributed by atoms with Crippen LogP contribution >= 0.6 is 23.2 Å². The van der Waals surface area contributed by atoms with Crippen molar-refractivity contribution in [1.29, 1.82) is 0 Å². The van der Waals surface area contributed by atoms with Crippen LogP contribution in [-0.4, -0.2) is 24.5 Å². The Labute approximate surface area is 170 Å². The number of carbonyl (C=O) groups excluding carboxylic acids is 1. The molecule has 2 rings (SSSR count). The fraction of sp³-hybridized carbons (Fsp3) is 0.381. The number of unbranched alkanes of at least 4 members (excludes halogenated alkanes) is 2. The molecule has 0 heterocycles. The molecular formula is C21H26Cl2N2O2. The zero-order valence-electron chi connectivity index (χ0n) is 15.2. The Morgan fingerprint density at radius 1 is 1.04 bits per heavy atom. The van der Waals surface area contributed by atoms with E-state index >= 15 is 0 Å². The number of hydrogen-bond donors (Lipinski definition) is 3. The maximum atomic E-state index is 11.3. The van der Waals surface area contributed by atoms with Gasteiger partial charge in [-0.2, -0.15) is 0 Å². The molecule has 2 aromatic carbocycles. The van der Waals surface area contributed by atoms with Gasteiger partial charge in [0.15, 0.2) is 0 Å². The maximum absolute atomic E-state index is 11.3. The number of aliphatic hydroxyl groups excluding tert-OH is 1. The number of benzene rings is 2. The zero-order chi connectivity index (χ0) is 19.6. The number of rotatable bonds is 11. The molecule has 0 aliphatic rings. The zero-order valence-corrected chi connectivity index (χ0v) is 16.7. The first-order valence-corrected chi connectivity index (χ1v) is 9.92. The topological polar surface area (TPSA) is 75.3 Å². The van der Waals surface area contributed by atoms with E-state index in [9.17, 15) is 9.90 Å². The normalized spacial score (nSPS) is 13.3. The molecule has 146 valence electrons. The minimum absolute atomic E-state index is 0.0293. The monoisotopic (exact) mass is 408 g/mol. The summed E-state index contributed by atoms with van der Waals surface area (Å²) in [4.78, 5) is 11.3. The molecule has 6 heteroatoms. The molecule has 0 aromatic heterocycles. The van der Waals surface area contributed by atoms with E-state index < -0.39 is 6.10 Å². The fourth-order valence-corrected chi connectivity index (χ4v) is 3.46. The van der Waals surface area contributed by atoms with Gasteiger partial charge in [0.25, 0.3) is 0 Å². The summed E-state index contributed by atoms with van der Waals surface area (Å²) in [5.74, 6) is -0.0293. The summed E-state index contributed by atoms with van der Waals surface area (Å²) in [5, 5.41) is 14.1. The van der Waals surface area contributed by atoms with Gasteiger partial charge in [0, 0.05) is 18.0 Å². The van der Waals surface area contributed by atoms with Crippen molar-refractivity contribution >= 4 is 35.2 Å². The minimum atomic E-state index is -0.742. The standard InChI is InChI=1S/C21H26Cl2N2O2/c22-20-17(10-11-18(24)21(20)23)19(27)13-25-12-6-2-5-9-16(14-26)15-7-3-1-4-8-15/h1,3-4,7-8,10-11,14,16,19,25,27H,2,5-6,9,12-13,24H2. The van der Waals surface area contributed by atoms with Crippen LogP contribution in [0.4, 0.5) is 5.69 Å². The Balaban J connectivity index is 1.64. The van der Waals surface area contributed by atoms with Gasteiger partial charge in [-0.05, 0) is 31.0 Å². The molecule has 2 aromatic rings. The van der Waals surface area contributed by atoms with E-state index in [1.54, 1.807) is 12.1 Å². The molecule has 0 amide bonds. The number of hydrogen-bond acceptors (Lipinski definition) is 4. The van der Waals surface area contributed by atoms with E-state index in [0.717, 1.165) is 44.1 Å². The van der Waals surface area contributed by atoms with Gasteiger partial charge in [-0.15, -0.1) is 0 Å². The largest absolute Gasteiger partial charge is 0.397 e. The summed E-state index contributed by atoms with van der Waals surface area (Å²) in [6, 6.07) is 13.2. The van der Waals surface area contributed by atoms with Crippen molar-refractivity contribution in [2.45, 2.75) is 37.7 Å². The molecule has 2 unspecified atom stereocenters. The lowest BCUT2D eigenvalue weighted by atomic mass is 9.94. The molecule has 0 saturated heterocycles. The van der Waals surface area contributed by atoms with Crippen molar-refractivity contribution in [3.8, 4) is 0 Å². The summed E-state index contributed by atoms with van der Waals surface area (Å²) in [7, 11) is 0. The third kappa shape index (κ3) is 6.51. The van der Waals surface area contributed by atoms with Gasteiger partial charge in [0.2, 0.25) is 0 Å². The number of nitrogen functional groups attached to an aromatic ring is 1. The van der Waals surface area contributed by atoms with Crippen molar-refractivity contribution in [3.63, 3.8) is 0 Å². The summed E-state index contributed by atoms with van der Waals surface area (Å²) in [6.45, 7) is 1.18. The number of aliphatic hydroxyl groups is 1. The third-order valence-electron chi connectivity index (χ3n) is 4.60. The summed E-state index contributed by atoms with van der Waals surface area (Å²) in [5.41, 5.74) is 7.73. The highest BCUT2D eigenvalue weighted by Gasteiger charge is 2.15. The Bertz CT molecular complexity index is 726. The quantitative estimate of drug-likeness (QED) is 0.285. The highest BCUT2D eigenvalue weighted by molar-refractivity contribution is 6.44. The fourth-order valence-electron chi connectivity index (χ4n) is 2.99. The average Bonchev–Trinajstić information content (AvgIpc) is 2.69. The molecule has 27 heavy (non-hydrogen) atoms. The summed E-state index contributed by atoms with van der Waals surface area (Å²) >= 11 is 12.2. The highest BCUT2D eigenvalue weighted by atomic mass is 35.5. The number of anilines is 1. The Morgan fingerprint density at radius 3 is 2.48 bits per heavy atom. The van der Waals surface area contributed by atoms with Crippen LogP contribution in [0.1, 0.15) is 48.8 Å². The molecule has 0 fully saturated rings. The minimum Gasteiger partial charge on any atom is -0.397 e. The number of nitrogens with one attached hydrogen (secondary N) is 1. The molecule has 0 bridgehead atoms. The lowest BCUT2D eigenvalue weighted by Gasteiger charge is -2.15. The van der Waals surface area contributed by atoms with Crippen molar-refractivity contribution in [1.82, 2.24) is 5.32 Å². The predicted molar refractivity (Wildman–Crippen MR) is 112 cm³/mol. The van der Waals surface area contributed by atoms with E-state index in [1.807, 2.05) is 30.3 Å². The van der Waals surface area contributed by atoms with Crippen LogP contribution in [0.5, 0.6) is 0 Å². The molecule has 0 aliphatic carbocycles. The van der Waals surface area contributed by atoms with Gasteiger partial charge in [0.05, 0.1) is 21.8 Å². The predicted octanol–water partition coefficient (Wildman–Crippen LogP) is 4.74. The average molecular weight is 409 g/mol. The van der Waals surface area contributed by atoms with E-state index in [-0.39, 0.29) is 10.9 Å². The first-order chi connectivity index (χ1) is 13.0. The van der Waals surface area contributed by atoms with E-state index in [1.165, 1.54) is 0 Å². The number of nitrogens with two attached hydrogens (primary N) is 1. The molecule has 0 spiro atoms. The molecule has 0 aliphatic heterocycles. The molecule has 2 atom stereocenters. The van der Waals surface area contributed by atoms with Crippen LogP contribution in [0.15, 0.2) is 42.5 Å². The van der Waals surface area contributed by atoms with E-state index in [4.69, 9.17) is 28.9 Å². The number of halogens is 2. The van der Waals surface area contributed by atoms with Crippen molar-refractivity contribution in [3.05, 3.63) is 63.6 Å². The Morgan fingerprint density at radius 2 is 1.78 bits per heavy atom. The van der Waals surface area contributed by atoms with Crippen molar-refractivity contribution in [2.24, 2.45) is 0 Å². The first kappa shape index (κ1) is 21.7. The second-order valence-corrected chi connectivity index (χ2v) is 7.35. The Kier molecular flexibility index (Phi) is 9.08. The van der Waals surface area contributed by atoms with Crippen molar-refractivity contribution < 1.29 is 9.90 Å². The lowest BCUT2D eigenvalue weighted by molar-refractivity contribution is -0.109. The molecule has 0 radical (unpaired) electrons. The molecule has 4 N–H and O–H groups in total. The number of carbonyl (C=O) groups is 1. The maximum Gasteiger partial charge on any atom is 0.127 e. The van der Waals surface area contributed by atoms with Crippen LogP contribution in [0.3, 0.4) is 0 Å². The van der Waals surface area contributed by atoms with Gasteiger partial charge in [0.1, 0.15) is 6.29 Å². The van der Waals surface area contributed by atoms with Crippen LogP contribution < -0.4 is 11.1 Å². The second-order valence-electron chi connectivity index (χ2n) is 6.59. The van der Waals surface area contributed by atoms with Gasteiger partial charge in [-0.3, -0.25) is 0 Å². The SMILES string of the molecule is Nc1ccc(C(O)CNCCCCCC(C=O)c2ccccc2)c(Cl)c1Cl. The van der Waals surface area contributed by atoms with Crippen LogP contribution in [0.25, 0.3) is 0 Å². The summed E-state index contributed by atoms with van der Waals surface area (Å²) < 4.78 is 0. The van der Waals surface area contributed by atoms with Crippen molar-refractivity contribution in [2.75, 3.05) is 18.8 Å². The Hall–Kier alpha value is -1.59. The molecular weight excluding hydrogens is 383 g/mol. The highest BCUT2D eigenvalue weighted by Crippen LogP contribution is 2.34. The van der Waals surface area contributed by atoms with Crippen LogP contribution in [-0.2, 0) is 4.79 Å².